The third-order valence-corrected chi connectivity index (χ3v) is 3.70. The molecular weight excluding hydrogens is 210 g/mol. The first-order chi connectivity index (χ1) is 6.93. The van der Waals surface area contributed by atoms with Crippen molar-refractivity contribution in [3.63, 3.8) is 0 Å². The molecule has 1 heterocycles. The number of hydrogen-bond donors (Lipinski definition) is 2. The second-order valence-electron chi connectivity index (χ2n) is 4.31. The molecule has 0 fully saturated rings. The summed E-state index contributed by atoms with van der Waals surface area (Å²) in [6.07, 6.45) is 0. The summed E-state index contributed by atoms with van der Waals surface area (Å²) in [7, 11) is 0. The standard InChI is InChI=1S/C11H17NO2S/c1-8-4-5-15-10(8)11(2,3)7-12-6-9(13)14/h4-5,12H,6-7H2,1-3H3,(H,13,14). The quantitative estimate of drug-likeness (QED) is 0.809. The lowest BCUT2D eigenvalue weighted by Crippen LogP contribution is -2.35. The summed E-state index contributed by atoms with van der Waals surface area (Å²) in [6, 6.07) is 2.10. The highest BCUT2D eigenvalue weighted by atomic mass is 32.1. The Morgan fingerprint density at radius 3 is 2.73 bits per heavy atom. The van der Waals surface area contributed by atoms with Crippen LogP contribution in [0.15, 0.2) is 11.4 Å². The summed E-state index contributed by atoms with van der Waals surface area (Å²) in [6.45, 7) is 7.04. The van der Waals surface area contributed by atoms with Crippen molar-refractivity contribution in [2.24, 2.45) is 0 Å². The number of aliphatic carboxylic acids is 1. The molecule has 0 radical (unpaired) electrons. The maximum Gasteiger partial charge on any atom is 0.317 e. The normalized spacial score (nSPS) is 11.7. The Morgan fingerprint density at radius 1 is 1.60 bits per heavy atom. The first-order valence-electron chi connectivity index (χ1n) is 4.90. The number of nitrogens with one attached hydrogen (secondary N) is 1. The van der Waals surface area contributed by atoms with Crippen LogP contribution in [-0.4, -0.2) is 24.2 Å². The molecule has 0 aliphatic carbocycles. The Hall–Kier alpha value is -0.870. The van der Waals surface area contributed by atoms with E-state index >= 15 is 0 Å². The van der Waals surface area contributed by atoms with E-state index in [1.165, 1.54) is 10.4 Å². The molecule has 2 N–H and O–H groups in total. The summed E-state index contributed by atoms with van der Waals surface area (Å²) < 4.78 is 0. The van der Waals surface area contributed by atoms with Crippen molar-refractivity contribution in [1.82, 2.24) is 5.32 Å². The molecule has 1 aromatic heterocycles. The Bertz CT molecular complexity index is 344. The molecule has 0 spiro atoms. The zero-order chi connectivity index (χ0) is 11.5. The molecule has 0 unspecified atom stereocenters. The van der Waals surface area contributed by atoms with Crippen LogP contribution >= 0.6 is 11.3 Å². The second kappa shape index (κ2) is 4.77. The van der Waals surface area contributed by atoms with Gasteiger partial charge in [0.15, 0.2) is 0 Å². The number of aryl methyl sites for hydroxylation is 1. The first-order valence-corrected chi connectivity index (χ1v) is 5.78. The maximum atomic E-state index is 10.4. The van der Waals surface area contributed by atoms with Crippen molar-refractivity contribution in [3.05, 3.63) is 21.9 Å². The molecule has 0 amide bonds. The van der Waals surface area contributed by atoms with Gasteiger partial charge in [0.2, 0.25) is 0 Å². The molecule has 0 atom stereocenters. The van der Waals surface area contributed by atoms with Crippen molar-refractivity contribution in [2.75, 3.05) is 13.1 Å². The van der Waals surface area contributed by atoms with Crippen LogP contribution in [0.5, 0.6) is 0 Å². The molecule has 4 heteroatoms. The number of carboxylic acids is 1. The fourth-order valence-corrected chi connectivity index (χ4v) is 2.68. The van der Waals surface area contributed by atoms with Crippen LogP contribution < -0.4 is 5.32 Å². The summed E-state index contributed by atoms with van der Waals surface area (Å²) in [4.78, 5) is 11.7. The molecule has 15 heavy (non-hydrogen) atoms. The smallest absolute Gasteiger partial charge is 0.317 e. The molecule has 3 nitrogen and oxygen atoms in total. The van der Waals surface area contributed by atoms with Gasteiger partial charge >= 0.3 is 5.97 Å². The van der Waals surface area contributed by atoms with Gasteiger partial charge in [0.05, 0.1) is 6.54 Å². The van der Waals surface area contributed by atoms with Gasteiger partial charge in [-0.15, -0.1) is 11.3 Å². The van der Waals surface area contributed by atoms with Crippen molar-refractivity contribution in [1.29, 1.82) is 0 Å². The zero-order valence-electron chi connectivity index (χ0n) is 9.33. The monoisotopic (exact) mass is 227 g/mol. The first kappa shape index (κ1) is 12.2. The van der Waals surface area contributed by atoms with E-state index in [1.807, 2.05) is 0 Å². The lowest BCUT2D eigenvalue weighted by molar-refractivity contribution is -0.135. The van der Waals surface area contributed by atoms with Gasteiger partial charge in [-0.1, -0.05) is 13.8 Å². The number of thiophene rings is 1. The van der Waals surface area contributed by atoms with E-state index in [9.17, 15) is 4.79 Å². The fraction of sp³-hybridized carbons (Fsp3) is 0.545. The average Bonchev–Trinajstić information content (AvgIpc) is 2.50. The van der Waals surface area contributed by atoms with E-state index < -0.39 is 5.97 Å². The highest BCUT2D eigenvalue weighted by Gasteiger charge is 2.23. The van der Waals surface area contributed by atoms with Crippen LogP contribution in [0, 0.1) is 6.92 Å². The summed E-state index contributed by atoms with van der Waals surface area (Å²) >= 11 is 1.73. The number of carbonyl (C=O) groups is 1. The number of rotatable bonds is 5. The molecule has 0 aromatic carbocycles. The zero-order valence-corrected chi connectivity index (χ0v) is 10.1. The van der Waals surface area contributed by atoms with Crippen LogP contribution in [-0.2, 0) is 10.2 Å². The van der Waals surface area contributed by atoms with Crippen LogP contribution in [0.2, 0.25) is 0 Å². The Balaban J connectivity index is 2.59. The summed E-state index contributed by atoms with van der Waals surface area (Å²) in [5.74, 6) is -0.811. The van der Waals surface area contributed by atoms with Gasteiger partial charge in [-0.05, 0) is 23.9 Å². The molecule has 1 rings (SSSR count). The molecule has 0 saturated heterocycles. The molecule has 0 saturated carbocycles. The molecule has 0 bridgehead atoms. The molecule has 1 aromatic rings. The molecule has 0 aliphatic heterocycles. The third-order valence-electron chi connectivity index (χ3n) is 2.32. The molecule has 84 valence electrons. The van der Waals surface area contributed by atoms with E-state index in [-0.39, 0.29) is 12.0 Å². The molecule has 0 aliphatic rings. The minimum absolute atomic E-state index is 0.00625. The number of hydrogen-bond acceptors (Lipinski definition) is 3. The second-order valence-corrected chi connectivity index (χ2v) is 5.23. The highest BCUT2D eigenvalue weighted by molar-refractivity contribution is 7.10. The topological polar surface area (TPSA) is 49.3 Å². The van der Waals surface area contributed by atoms with Crippen molar-refractivity contribution in [2.45, 2.75) is 26.2 Å². The summed E-state index contributed by atoms with van der Waals surface area (Å²) in [5.41, 5.74) is 1.27. The van der Waals surface area contributed by atoms with Gasteiger partial charge in [-0.3, -0.25) is 4.79 Å². The maximum absolute atomic E-state index is 10.4. The fourth-order valence-electron chi connectivity index (χ4n) is 1.63. The largest absolute Gasteiger partial charge is 0.480 e. The van der Waals surface area contributed by atoms with Crippen LogP contribution in [0.3, 0.4) is 0 Å². The van der Waals surface area contributed by atoms with Gasteiger partial charge in [0.25, 0.3) is 0 Å². The number of carboxylic acid groups (broad SMARTS) is 1. The lowest BCUT2D eigenvalue weighted by atomic mass is 9.89. The third kappa shape index (κ3) is 3.32. The van der Waals surface area contributed by atoms with Gasteiger partial charge in [-0.25, -0.2) is 0 Å². The predicted octanol–water partition coefficient (Wildman–Crippen LogP) is 2.01. The lowest BCUT2D eigenvalue weighted by Gasteiger charge is -2.24. The average molecular weight is 227 g/mol. The van der Waals surface area contributed by atoms with E-state index in [2.05, 4.69) is 37.5 Å². The Labute approximate surface area is 94.1 Å². The van der Waals surface area contributed by atoms with Crippen molar-refractivity contribution in [3.8, 4) is 0 Å². The Morgan fingerprint density at radius 2 is 2.27 bits per heavy atom. The van der Waals surface area contributed by atoms with Crippen LogP contribution in [0.4, 0.5) is 0 Å². The van der Waals surface area contributed by atoms with Crippen LogP contribution in [0.1, 0.15) is 24.3 Å². The molecular formula is C11H17NO2S. The van der Waals surface area contributed by atoms with Gasteiger partial charge in [0.1, 0.15) is 0 Å². The summed E-state index contributed by atoms with van der Waals surface area (Å²) in [5, 5.41) is 13.6. The van der Waals surface area contributed by atoms with Gasteiger partial charge < -0.3 is 10.4 Å². The van der Waals surface area contributed by atoms with E-state index in [0.717, 1.165) is 0 Å². The van der Waals surface area contributed by atoms with Crippen LogP contribution in [0.25, 0.3) is 0 Å². The van der Waals surface area contributed by atoms with Crippen molar-refractivity contribution < 1.29 is 9.90 Å². The van der Waals surface area contributed by atoms with Gasteiger partial charge in [0, 0.05) is 16.8 Å². The minimum Gasteiger partial charge on any atom is -0.480 e. The van der Waals surface area contributed by atoms with Gasteiger partial charge in [-0.2, -0.15) is 0 Å². The highest BCUT2D eigenvalue weighted by Crippen LogP contribution is 2.30. The van der Waals surface area contributed by atoms with E-state index in [1.54, 1.807) is 11.3 Å². The SMILES string of the molecule is Cc1ccsc1C(C)(C)CNCC(=O)O. The van der Waals surface area contributed by atoms with Crippen molar-refractivity contribution >= 4 is 17.3 Å². The minimum atomic E-state index is -0.811. The van der Waals surface area contributed by atoms with E-state index in [4.69, 9.17) is 5.11 Å². The van der Waals surface area contributed by atoms with E-state index in [0.29, 0.717) is 6.54 Å². The Kier molecular flexibility index (Phi) is 3.88. The predicted molar refractivity (Wildman–Crippen MR) is 62.6 cm³/mol.